The molecule has 0 amide bonds. The summed E-state index contributed by atoms with van der Waals surface area (Å²) in [5.41, 5.74) is 2.04. The van der Waals surface area contributed by atoms with Crippen molar-refractivity contribution in [3.05, 3.63) is 42.4 Å². The number of pyridine rings is 3. The van der Waals surface area contributed by atoms with Gasteiger partial charge in [-0.2, -0.15) is 5.26 Å². The highest BCUT2D eigenvalue weighted by molar-refractivity contribution is 6.01. The molecule has 16 heavy (non-hydrogen) atoms. The molecule has 0 aliphatic rings. The standard InChI is InChI=1S/C12H6N4/c13-5-8-4-9-7-16-12-10(2-1-3-14-12)11(9)15-6-8/h1-4,6-7H. The van der Waals surface area contributed by atoms with E-state index in [0.29, 0.717) is 11.2 Å². The van der Waals surface area contributed by atoms with E-state index in [1.807, 2.05) is 12.1 Å². The molecule has 3 aromatic heterocycles. The summed E-state index contributed by atoms with van der Waals surface area (Å²) < 4.78 is 0. The lowest BCUT2D eigenvalue weighted by Gasteiger charge is -2.00. The molecule has 74 valence electrons. The molecule has 0 aliphatic heterocycles. The van der Waals surface area contributed by atoms with Gasteiger partial charge in [0.25, 0.3) is 0 Å². The van der Waals surface area contributed by atoms with E-state index in [9.17, 15) is 0 Å². The lowest BCUT2D eigenvalue weighted by Crippen LogP contribution is -1.88. The third kappa shape index (κ3) is 1.19. The Kier molecular flexibility index (Phi) is 1.77. The Hall–Kier alpha value is -2.54. The molecule has 0 saturated carbocycles. The molecule has 4 nitrogen and oxygen atoms in total. The molecule has 0 aromatic carbocycles. The van der Waals surface area contributed by atoms with Gasteiger partial charge in [0.1, 0.15) is 6.07 Å². The van der Waals surface area contributed by atoms with Crippen molar-refractivity contribution in [2.24, 2.45) is 0 Å². The Morgan fingerprint density at radius 2 is 2.06 bits per heavy atom. The predicted molar refractivity (Wildman–Crippen MR) is 59.6 cm³/mol. The summed E-state index contributed by atoms with van der Waals surface area (Å²) in [5.74, 6) is 0. The van der Waals surface area contributed by atoms with Gasteiger partial charge in [0.15, 0.2) is 5.65 Å². The maximum absolute atomic E-state index is 8.79. The van der Waals surface area contributed by atoms with Gasteiger partial charge in [0.2, 0.25) is 0 Å². The molecule has 0 N–H and O–H groups in total. The van der Waals surface area contributed by atoms with Crippen molar-refractivity contribution in [1.82, 2.24) is 15.0 Å². The maximum Gasteiger partial charge on any atom is 0.161 e. The van der Waals surface area contributed by atoms with E-state index in [1.165, 1.54) is 0 Å². The first kappa shape index (κ1) is 8.74. The second-order valence-electron chi connectivity index (χ2n) is 3.41. The van der Waals surface area contributed by atoms with Crippen molar-refractivity contribution in [3.8, 4) is 6.07 Å². The summed E-state index contributed by atoms with van der Waals surface area (Å²) >= 11 is 0. The Morgan fingerprint density at radius 1 is 1.12 bits per heavy atom. The van der Waals surface area contributed by atoms with Crippen LogP contribution in [0.25, 0.3) is 21.9 Å². The third-order valence-corrected chi connectivity index (χ3v) is 2.41. The zero-order valence-electron chi connectivity index (χ0n) is 8.25. The number of nitriles is 1. The van der Waals surface area contributed by atoms with Gasteiger partial charge in [-0.3, -0.25) is 4.98 Å². The zero-order chi connectivity index (χ0) is 11.0. The topological polar surface area (TPSA) is 62.5 Å². The fourth-order valence-electron chi connectivity index (χ4n) is 1.68. The molecule has 0 fully saturated rings. The number of hydrogen-bond donors (Lipinski definition) is 0. The molecule has 0 bridgehead atoms. The van der Waals surface area contributed by atoms with Crippen LogP contribution in [0.1, 0.15) is 5.56 Å². The molecular formula is C12H6N4. The Morgan fingerprint density at radius 3 is 2.94 bits per heavy atom. The Balaban J connectivity index is 2.49. The molecule has 0 radical (unpaired) electrons. The number of rotatable bonds is 0. The highest BCUT2D eigenvalue weighted by Crippen LogP contribution is 2.20. The van der Waals surface area contributed by atoms with Crippen molar-refractivity contribution in [1.29, 1.82) is 5.26 Å². The summed E-state index contributed by atoms with van der Waals surface area (Å²) in [6, 6.07) is 7.62. The quantitative estimate of drug-likeness (QED) is 0.528. The number of fused-ring (bicyclic) bond motifs is 3. The SMILES string of the molecule is N#Cc1cnc2c(cnc3ncccc32)c1. The Bertz CT molecular complexity index is 728. The number of aromatic nitrogens is 3. The second-order valence-corrected chi connectivity index (χ2v) is 3.41. The van der Waals surface area contributed by atoms with Gasteiger partial charge in [-0.05, 0) is 18.2 Å². The van der Waals surface area contributed by atoms with Gasteiger partial charge in [-0.1, -0.05) is 0 Å². The minimum atomic E-state index is 0.539. The van der Waals surface area contributed by atoms with E-state index < -0.39 is 0 Å². The lowest BCUT2D eigenvalue weighted by atomic mass is 10.1. The van der Waals surface area contributed by atoms with Crippen molar-refractivity contribution < 1.29 is 0 Å². The smallest absolute Gasteiger partial charge is 0.161 e. The van der Waals surface area contributed by atoms with Crippen LogP contribution in [0.5, 0.6) is 0 Å². The van der Waals surface area contributed by atoms with Gasteiger partial charge in [0.05, 0.1) is 11.1 Å². The average molecular weight is 206 g/mol. The average Bonchev–Trinajstić information content (AvgIpc) is 2.38. The van der Waals surface area contributed by atoms with Crippen LogP contribution in [0, 0.1) is 11.3 Å². The minimum absolute atomic E-state index is 0.539. The second kappa shape index (κ2) is 3.24. The largest absolute Gasteiger partial charge is 0.254 e. The summed E-state index contributed by atoms with van der Waals surface area (Å²) in [4.78, 5) is 12.7. The highest BCUT2D eigenvalue weighted by atomic mass is 14.8. The van der Waals surface area contributed by atoms with E-state index in [1.54, 1.807) is 24.7 Å². The first-order valence-electron chi connectivity index (χ1n) is 4.78. The molecule has 0 saturated heterocycles. The monoisotopic (exact) mass is 206 g/mol. The molecule has 3 aromatic rings. The first-order chi connectivity index (χ1) is 7.88. The van der Waals surface area contributed by atoms with E-state index >= 15 is 0 Å². The summed E-state index contributed by atoms with van der Waals surface area (Å²) in [6.07, 6.45) is 4.96. The van der Waals surface area contributed by atoms with Crippen molar-refractivity contribution in [3.63, 3.8) is 0 Å². The van der Waals surface area contributed by atoms with E-state index in [-0.39, 0.29) is 0 Å². The van der Waals surface area contributed by atoms with Gasteiger partial charge < -0.3 is 0 Å². The normalized spacial score (nSPS) is 10.4. The fraction of sp³-hybridized carbons (Fsp3) is 0. The number of nitrogens with zero attached hydrogens (tertiary/aromatic N) is 4. The lowest BCUT2D eigenvalue weighted by molar-refractivity contribution is 1.29. The molecule has 0 unspecified atom stereocenters. The summed E-state index contributed by atoms with van der Waals surface area (Å²) in [6.45, 7) is 0. The summed E-state index contributed by atoms with van der Waals surface area (Å²) in [5, 5.41) is 10.6. The third-order valence-electron chi connectivity index (χ3n) is 2.41. The van der Waals surface area contributed by atoms with Crippen LogP contribution in [0.3, 0.4) is 0 Å². The van der Waals surface area contributed by atoms with Crippen LogP contribution < -0.4 is 0 Å². The molecule has 3 rings (SSSR count). The van der Waals surface area contributed by atoms with E-state index in [2.05, 4.69) is 21.0 Å². The predicted octanol–water partition coefficient (Wildman–Crippen LogP) is 2.05. The van der Waals surface area contributed by atoms with Gasteiger partial charge in [-0.25, -0.2) is 9.97 Å². The van der Waals surface area contributed by atoms with E-state index in [4.69, 9.17) is 5.26 Å². The zero-order valence-corrected chi connectivity index (χ0v) is 8.25. The summed E-state index contributed by atoms with van der Waals surface area (Å²) in [7, 11) is 0. The van der Waals surface area contributed by atoms with Crippen LogP contribution >= 0.6 is 0 Å². The molecule has 3 heterocycles. The minimum Gasteiger partial charge on any atom is -0.254 e. The molecule has 0 aliphatic carbocycles. The van der Waals surface area contributed by atoms with Crippen LogP contribution in [0.4, 0.5) is 0 Å². The van der Waals surface area contributed by atoms with Gasteiger partial charge >= 0.3 is 0 Å². The van der Waals surface area contributed by atoms with Crippen molar-refractivity contribution in [2.75, 3.05) is 0 Å². The van der Waals surface area contributed by atoms with Crippen molar-refractivity contribution >= 4 is 21.9 Å². The van der Waals surface area contributed by atoms with Gasteiger partial charge in [-0.15, -0.1) is 0 Å². The molecule has 0 atom stereocenters. The number of hydrogen-bond acceptors (Lipinski definition) is 4. The van der Waals surface area contributed by atoms with Crippen molar-refractivity contribution in [2.45, 2.75) is 0 Å². The van der Waals surface area contributed by atoms with E-state index in [0.717, 1.165) is 16.3 Å². The van der Waals surface area contributed by atoms with Crippen LogP contribution in [-0.4, -0.2) is 15.0 Å². The maximum atomic E-state index is 8.79. The highest BCUT2D eigenvalue weighted by Gasteiger charge is 2.03. The molecule has 0 spiro atoms. The van der Waals surface area contributed by atoms with Crippen LogP contribution in [-0.2, 0) is 0 Å². The van der Waals surface area contributed by atoms with Gasteiger partial charge in [0, 0.05) is 29.4 Å². The first-order valence-corrected chi connectivity index (χ1v) is 4.78. The molecule has 4 heteroatoms. The Labute approximate surface area is 91.2 Å². The molecular weight excluding hydrogens is 200 g/mol. The van der Waals surface area contributed by atoms with Crippen LogP contribution in [0.2, 0.25) is 0 Å². The fourth-order valence-corrected chi connectivity index (χ4v) is 1.68. The van der Waals surface area contributed by atoms with Crippen LogP contribution in [0.15, 0.2) is 36.8 Å².